The fraction of sp³-hybridized carbons (Fsp3) is 0.278. The van der Waals surface area contributed by atoms with Crippen molar-refractivity contribution in [3.8, 4) is 0 Å². The first-order chi connectivity index (χ1) is 12.6. The van der Waals surface area contributed by atoms with Gasteiger partial charge in [0.15, 0.2) is 0 Å². The molecule has 0 radical (unpaired) electrons. The van der Waals surface area contributed by atoms with Crippen molar-refractivity contribution in [3.05, 3.63) is 60.4 Å². The summed E-state index contributed by atoms with van der Waals surface area (Å²) >= 11 is 1.49. The predicted octanol–water partition coefficient (Wildman–Crippen LogP) is 2.63. The van der Waals surface area contributed by atoms with Crippen LogP contribution >= 0.6 is 11.8 Å². The Balaban J connectivity index is 1.46. The average Bonchev–Trinajstić information content (AvgIpc) is 3.37. The number of carbonyl (C=O) groups is 2. The summed E-state index contributed by atoms with van der Waals surface area (Å²) in [6, 6.07) is 8.61. The summed E-state index contributed by atoms with van der Waals surface area (Å²) in [4.78, 5) is 30.6. The van der Waals surface area contributed by atoms with Crippen LogP contribution in [0.15, 0.2) is 53.4 Å². The van der Waals surface area contributed by atoms with Crippen molar-refractivity contribution in [3.63, 3.8) is 0 Å². The van der Waals surface area contributed by atoms with Crippen LogP contribution in [0.2, 0.25) is 0 Å². The molecule has 2 atom stereocenters. The Kier molecular flexibility index (Phi) is 4.42. The zero-order valence-corrected chi connectivity index (χ0v) is 14.9. The lowest BCUT2D eigenvalue weighted by molar-refractivity contribution is -0.154. The largest absolute Gasteiger partial charge is 0.466 e. The van der Waals surface area contributed by atoms with Gasteiger partial charge in [-0.3, -0.25) is 4.79 Å². The lowest BCUT2D eigenvalue weighted by atomic mass is 10.2. The normalized spacial score (nSPS) is 19.8. The van der Waals surface area contributed by atoms with Crippen LogP contribution in [0.5, 0.6) is 0 Å². The lowest BCUT2D eigenvalue weighted by Gasteiger charge is -2.25. The van der Waals surface area contributed by atoms with Crippen LogP contribution in [-0.2, 0) is 20.9 Å². The first-order valence-corrected chi connectivity index (χ1v) is 9.21. The smallest absolute Gasteiger partial charge is 0.330 e. The topological polar surface area (TPSA) is 77.0 Å². The maximum atomic E-state index is 12.6. The molecule has 7 nitrogen and oxygen atoms in total. The van der Waals surface area contributed by atoms with Crippen LogP contribution in [0.4, 0.5) is 0 Å². The van der Waals surface area contributed by atoms with E-state index in [0.717, 1.165) is 5.65 Å². The third-order valence-electron chi connectivity index (χ3n) is 4.20. The number of carbonyl (C=O) groups excluding carboxylic acids is 2. The fourth-order valence-corrected chi connectivity index (χ4v) is 4.44. The minimum absolute atomic E-state index is 0.0683. The molecule has 8 heteroatoms. The molecule has 0 spiro atoms. The second-order valence-corrected chi connectivity index (χ2v) is 7.06. The highest BCUT2D eigenvalue weighted by Crippen LogP contribution is 2.41. The van der Waals surface area contributed by atoms with Crippen molar-refractivity contribution < 1.29 is 18.7 Å². The van der Waals surface area contributed by atoms with Gasteiger partial charge in [-0.1, -0.05) is 6.07 Å². The van der Waals surface area contributed by atoms with Gasteiger partial charge in [-0.05, 0) is 24.3 Å². The number of thioether (sulfide) groups is 1. The molecule has 1 amide bonds. The highest BCUT2D eigenvalue weighted by molar-refractivity contribution is 7.99. The van der Waals surface area contributed by atoms with Gasteiger partial charge in [-0.2, -0.15) is 0 Å². The zero-order chi connectivity index (χ0) is 18.1. The van der Waals surface area contributed by atoms with E-state index in [1.54, 1.807) is 18.4 Å². The number of hydrogen-bond acceptors (Lipinski definition) is 6. The van der Waals surface area contributed by atoms with Gasteiger partial charge < -0.3 is 18.5 Å². The van der Waals surface area contributed by atoms with Gasteiger partial charge in [-0.25, -0.2) is 9.78 Å². The van der Waals surface area contributed by atoms with Crippen LogP contribution in [-0.4, -0.2) is 38.0 Å². The molecule has 1 saturated heterocycles. The number of pyridine rings is 1. The molecule has 4 rings (SSSR count). The third kappa shape index (κ3) is 3.08. The molecule has 0 aliphatic carbocycles. The van der Waals surface area contributed by atoms with E-state index in [9.17, 15) is 9.59 Å². The Hall–Kier alpha value is -2.74. The molecular formula is C18H17N3O4S. The Bertz CT molecular complexity index is 904. The van der Waals surface area contributed by atoms with Gasteiger partial charge in [0.1, 0.15) is 29.4 Å². The lowest BCUT2D eigenvalue weighted by Crippen LogP contribution is -2.42. The molecule has 3 aromatic rings. The molecule has 4 heterocycles. The molecule has 0 aromatic carbocycles. The quantitative estimate of drug-likeness (QED) is 0.656. The fourth-order valence-electron chi connectivity index (χ4n) is 3.02. The van der Waals surface area contributed by atoms with E-state index in [1.807, 2.05) is 35.0 Å². The molecule has 0 saturated carbocycles. The van der Waals surface area contributed by atoms with Gasteiger partial charge >= 0.3 is 5.97 Å². The van der Waals surface area contributed by atoms with Gasteiger partial charge in [0, 0.05) is 25.1 Å². The second-order valence-electron chi connectivity index (χ2n) is 5.95. The van der Waals surface area contributed by atoms with Crippen LogP contribution in [0.1, 0.15) is 23.8 Å². The molecule has 0 bridgehead atoms. The van der Waals surface area contributed by atoms with Crippen molar-refractivity contribution in [1.29, 1.82) is 0 Å². The van der Waals surface area contributed by atoms with Crippen LogP contribution in [0.3, 0.4) is 0 Å². The third-order valence-corrected chi connectivity index (χ3v) is 5.48. The SMILES string of the molecule is CC(=O)N1[C@@H](C(=O)OCc2cn3ccccc3n2)CS[C@H]1c1ccco1. The first kappa shape index (κ1) is 16.7. The number of aromatic nitrogens is 2. The van der Waals surface area contributed by atoms with Crippen molar-refractivity contribution >= 4 is 29.3 Å². The van der Waals surface area contributed by atoms with E-state index in [1.165, 1.54) is 23.6 Å². The molecule has 26 heavy (non-hydrogen) atoms. The van der Waals surface area contributed by atoms with E-state index in [2.05, 4.69) is 4.98 Å². The van der Waals surface area contributed by atoms with Gasteiger partial charge in [0.2, 0.25) is 5.91 Å². The Morgan fingerprint density at radius 2 is 2.23 bits per heavy atom. The molecule has 1 fully saturated rings. The predicted molar refractivity (Wildman–Crippen MR) is 95.2 cm³/mol. The van der Waals surface area contributed by atoms with Crippen molar-refractivity contribution in [1.82, 2.24) is 14.3 Å². The summed E-state index contributed by atoms with van der Waals surface area (Å²) in [5.41, 5.74) is 1.45. The number of imidazole rings is 1. The van der Waals surface area contributed by atoms with E-state index in [4.69, 9.17) is 9.15 Å². The second kappa shape index (κ2) is 6.87. The van der Waals surface area contributed by atoms with Gasteiger partial charge in [0.25, 0.3) is 0 Å². The van der Waals surface area contributed by atoms with E-state index in [-0.39, 0.29) is 17.9 Å². The summed E-state index contributed by atoms with van der Waals surface area (Å²) in [6.45, 7) is 1.52. The number of nitrogens with zero attached hydrogens (tertiary/aromatic N) is 3. The molecule has 0 unspecified atom stereocenters. The number of ether oxygens (including phenoxy) is 1. The number of amides is 1. The molecule has 0 N–H and O–H groups in total. The van der Waals surface area contributed by atoms with Crippen LogP contribution in [0, 0.1) is 0 Å². The zero-order valence-electron chi connectivity index (χ0n) is 14.1. The summed E-state index contributed by atoms with van der Waals surface area (Å²) in [5, 5.41) is -0.310. The van der Waals surface area contributed by atoms with Crippen LogP contribution < -0.4 is 0 Å². The summed E-state index contributed by atoms with van der Waals surface area (Å²) in [6.07, 6.45) is 5.26. The molecule has 3 aromatic heterocycles. The summed E-state index contributed by atoms with van der Waals surface area (Å²) in [7, 11) is 0. The maximum Gasteiger partial charge on any atom is 0.330 e. The van der Waals surface area contributed by atoms with E-state index < -0.39 is 12.0 Å². The highest BCUT2D eigenvalue weighted by atomic mass is 32.2. The summed E-state index contributed by atoms with van der Waals surface area (Å²) in [5.74, 6) is 0.500. The minimum Gasteiger partial charge on any atom is -0.466 e. The standard InChI is InChI=1S/C18H17N3O4S/c1-12(22)21-14(11-26-17(21)15-5-4-8-24-15)18(23)25-10-13-9-20-7-3-2-6-16(20)19-13/h2-9,14,17H,10-11H2,1H3/t14-,17+/m1/s1. The number of fused-ring (bicyclic) bond motifs is 1. The first-order valence-electron chi connectivity index (χ1n) is 8.16. The van der Waals surface area contributed by atoms with Crippen molar-refractivity contribution in [2.24, 2.45) is 0 Å². The molecular weight excluding hydrogens is 354 g/mol. The van der Waals surface area contributed by atoms with Gasteiger partial charge in [0.05, 0.1) is 12.0 Å². The van der Waals surface area contributed by atoms with E-state index >= 15 is 0 Å². The van der Waals surface area contributed by atoms with Crippen molar-refractivity contribution in [2.45, 2.75) is 24.9 Å². The molecule has 1 aliphatic heterocycles. The number of rotatable bonds is 4. The van der Waals surface area contributed by atoms with Gasteiger partial charge in [-0.15, -0.1) is 11.8 Å². The number of hydrogen-bond donors (Lipinski definition) is 0. The average molecular weight is 371 g/mol. The van der Waals surface area contributed by atoms with Crippen molar-refractivity contribution in [2.75, 3.05) is 5.75 Å². The van der Waals surface area contributed by atoms with Crippen LogP contribution in [0.25, 0.3) is 5.65 Å². The number of esters is 1. The summed E-state index contributed by atoms with van der Waals surface area (Å²) < 4.78 is 12.7. The highest BCUT2D eigenvalue weighted by Gasteiger charge is 2.43. The Morgan fingerprint density at radius 3 is 2.96 bits per heavy atom. The molecule has 1 aliphatic rings. The minimum atomic E-state index is -0.635. The Labute approximate surface area is 153 Å². The molecule has 134 valence electrons. The van der Waals surface area contributed by atoms with E-state index in [0.29, 0.717) is 17.2 Å². The monoisotopic (exact) mass is 371 g/mol. The maximum absolute atomic E-state index is 12.6. The number of furan rings is 1. The Morgan fingerprint density at radius 1 is 1.35 bits per heavy atom.